The first-order chi connectivity index (χ1) is 15.9. The van der Waals surface area contributed by atoms with Crippen molar-refractivity contribution in [3.8, 4) is 11.3 Å². The second-order valence-electron chi connectivity index (χ2n) is 9.21. The summed E-state index contributed by atoms with van der Waals surface area (Å²) in [6, 6.07) is 9.23. The maximum absolute atomic E-state index is 12.5. The van der Waals surface area contributed by atoms with Gasteiger partial charge in [-0.05, 0) is 62.8 Å². The lowest BCUT2D eigenvalue weighted by molar-refractivity contribution is 0.0941. The predicted molar refractivity (Wildman–Crippen MR) is 128 cm³/mol. The van der Waals surface area contributed by atoms with E-state index in [2.05, 4.69) is 34.1 Å². The molecule has 1 aliphatic carbocycles. The average Bonchev–Trinajstić information content (AvgIpc) is 2.83. The number of aryl methyl sites for hydroxylation is 1. The van der Waals surface area contributed by atoms with Crippen LogP contribution in [0.2, 0.25) is 0 Å². The number of carbonyl (C=O) groups is 1. The number of H-pyrrole nitrogens is 1. The van der Waals surface area contributed by atoms with Crippen molar-refractivity contribution in [2.75, 3.05) is 6.54 Å². The zero-order valence-corrected chi connectivity index (χ0v) is 19.5. The fourth-order valence-electron chi connectivity index (χ4n) is 4.44. The Kier molecular flexibility index (Phi) is 6.96. The van der Waals surface area contributed by atoms with Crippen LogP contribution in [0.15, 0.2) is 47.5 Å². The van der Waals surface area contributed by atoms with Crippen LogP contribution < -0.4 is 10.9 Å². The molecule has 7 heteroatoms. The van der Waals surface area contributed by atoms with Crippen LogP contribution in [-0.2, 0) is 0 Å². The monoisotopic (exact) mass is 445 g/mol. The van der Waals surface area contributed by atoms with E-state index in [0.717, 1.165) is 54.2 Å². The number of hydrogen-bond donors (Lipinski definition) is 2. The Hall–Kier alpha value is -3.35. The third-order valence-electron chi connectivity index (χ3n) is 6.38. The molecule has 33 heavy (non-hydrogen) atoms. The standard InChI is InChI=1S/C26H31N5O2/c1-16(2)24-28-15-21(22-6-4-5-13-27-22)23(31-24)19-10-8-18(9-11-19)14-29-25(32)20-12-7-17(3)30-26(20)33/h4-7,12-13,15-16,18-19H,8-11,14H2,1-3H3,(H,29,32)(H,30,33). The van der Waals surface area contributed by atoms with Gasteiger partial charge in [-0.1, -0.05) is 19.9 Å². The number of amides is 1. The summed E-state index contributed by atoms with van der Waals surface area (Å²) >= 11 is 0. The SMILES string of the molecule is Cc1ccc(C(=O)NCC2CCC(c3nc(C(C)C)ncc3-c3ccccn3)CC2)c(=O)[nH]1. The van der Waals surface area contributed by atoms with Crippen molar-refractivity contribution in [3.05, 3.63) is 75.9 Å². The number of rotatable bonds is 6. The first kappa shape index (κ1) is 22.8. The molecule has 172 valence electrons. The third-order valence-corrected chi connectivity index (χ3v) is 6.38. The van der Waals surface area contributed by atoms with Crippen LogP contribution in [0.3, 0.4) is 0 Å². The summed E-state index contributed by atoms with van der Waals surface area (Å²) < 4.78 is 0. The van der Waals surface area contributed by atoms with E-state index in [1.165, 1.54) is 0 Å². The molecule has 0 aliphatic heterocycles. The van der Waals surface area contributed by atoms with E-state index in [0.29, 0.717) is 18.4 Å². The molecule has 0 unspecified atom stereocenters. The van der Waals surface area contributed by atoms with Crippen molar-refractivity contribution < 1.29 is 4.79 Å². The molecular formula is C26H31N5O2. The maximum atomic E-state index is 12.5. The molecule has 3 aromatic heterocycles. The fraction of sp³-hybridized carbons (Fsp3) is 0.423. The largest absolute Gasteiger partial charge is 0.352 e. The molecule has 7 nitrogen and oxygen atoms in total. The second kappa shape index (κ2) is 10.1. The summed E-state index contributed by atoms with van der Waals surface area (Å²) in [6.07, 6.45) is 7.72. The van der Waals surface area contributed by atoms with Gasteiger partial charge in [-0.2, -0.15) is 0 Å². The van der Waals surface area contributed by atoms with E-state index in [1.807, 2.05) is 24.4 Å². The number of pyridine rings is 2. The van der Waals surface area contributed by atoms with E-state index < -0.39 is 0 Å². The summed E-state index contributed by atoms with van der Waals surface area (Å²) in [5, 5.41) is 2.95. The molecule has 1 saturated carbocycles. The van der Waals surface area contributed by atoms with E-state index in [4.69, 9.17) is 4.98 Å². The fourth-order valence-corrected chi connectivity index (χ4v) is 4.44. The van der Waals surface area contributed by atoms with Crippen LogP contribution in [0.5, 0.6) is 0 Å². The van der Waals surface area contributed by atoms with Gasteiger partial charge in [0.2, 0.25) is 0 Å². The smallest absolute Gasteiger partial charge is 0.260 e. The highest BCUT2D eigenvalue weighted by Crippen LogP contribution is 2.38. The quantitative estimate of drug-likeness (QED) is 0.587. The van der Waals surface area contributed by atoms with Crippen LogP contribution in [0.25, 0.3) is 11.3 Å². The van der Waals surface area contributed by atoms with Gasteiger partial charge >= 0.3 is 0 Å². The van der Waals surface area contributed by atoms with Gasteiger partial charge in [0.05, 0.1) is 11.4 Å². The van der Waals surface area contributed by atoms with E-state index in [-0.39, 0.29) is 22.9 Å². The molecule has 3 heterocycles. The van der Waals surface area contributed by atoms with Gasteiger partial charge in [-0.15, -0.1) is 0 Å². The summed E-state index contributed by atoms with van der Waals surface area (Å²) in [6.45, 7) is 6.59. The molecule has 1 amide bonds. The summed E-state index contributed by atoms with van der Waals surface area (Å²) in [7, 11) is 0. The van der Waals surface area contributed by atoms with E-state index in [9.17, 15) is 9.59 Å². The van der Waals surface area contributed by atoms with Crippen molar-refractivity contribution in [2.45, 2.75) is 58.3 Å². The van der Waals surface area contributed by atoms with Gasteiger partial charge < -0.3 is 10.3 Å². The number of hydrogen-bond acceptors (Lipinski definition) is 5. The highest BCUT2D eigenvalue weighted by atomic mass is 16.2. The Morgan fingerprint density at radius 3 is 2.58 bits per heavy atom. The predicted octanol–water partition coefficient (Wildman–Crippen LogP) is 4.36. The van der Waals surface area contributed by atoms with Crippen LogP contribution in [0.4, 0.5) is 0 Å². The molecule has 1 aliphatic rings. The first-order valence-electron chi connectivity index (χ1n) is 11.7. The molecule has 4 rings (SSSR count). The van der Waals surface area contributed by atoms with Crippen molar-refractivity contribution in [2.24, 2.45) is 5.92 Å². The Morgan fingerprint density at radius 1 is 1.12 bits per heavy atom. The number of carbonyl (C=O) groups excluding carboxylic acids is 1. The molecule has 2 N–H and O–H groups in total. The van der Waals surface area contributed by atoms with Crippen molar-refractivity contribution in [3.63, 3.8) is 0 Å². The van der Waals surface area contributed by atoms with Crippen molar-refractivity contribution >= 4 is 5.91 Å². The number of aromatic nitrogens is 4. The number of aromatic amines is 1. The number of nitrogens with zero attached hydrogens (tertiary/aromatic N) is 3. The second-order valence-corrected chi connectivity index (χ2v) is 9.21. The Labute approximate surface area is 194 Å². The topological polar surface area (TPSA) is 101 Å². The zero-order chi connectivity index (χ0) is 23.4. The summed E-state index contributed by atoms with van der Waals surface area (Å²) in [5.74, 6) is 1.54. The van der Waals surface area contributed by atoms with Crippen LogP contribution in [-0.4, -0.2) is 32.4 Å². The summed E-state index contributed by atoms with van der Waals surface area (Å²) in [5.41, 5.74) is 3.56. The molecule has 0 atom stereocenters. The molecule has 3 aromatic rings. The molecule has 0 spiro atoms. The minimum Gasteiger partial charge on any atom is -0.352 e. The maximum Gasteiger partial charge on any atom is 0.260 e. The molecule has 0 radical (unpaired) electrons. The minimum atomic E-state index is -0.344. The van der Waals surface area contributed by atoms with Crippen LogP contribution >= 0.6 is 0 Å². The molecule has 0 bridgehead atoms. The normalized spacial score (nSPS) is 18.3. The Bertz CT molecular complexity index is 1160. The van der Waals surface area contributed by atoms with Gasteiger partial charge in [-0.3, -0.25) is 14.6 Å². The zero-order valence-electron chi connectivity index (χ0n) is 19.5. The van der Waals surface area contributed by atoms with Gasteiger partial charge in [0.1, 0.15) is 11.4 Å². The molecule has 0 aromatic carbocycles. The highest BCUT2D eigenvalue weighted by Gasteiger charge is 2.27. The Balaban J connectivity index is 1.43. The lowest BCUT2D eigenvalue weighted by atomic mass is 9.79. The molecule has 1 fully saturated rings. The number of nitrogens with one attached hydrogen (secondary N) is 2. The first-order valence-corrected chi connectivity index (χ1v) is 11.7. The van der Waals surface area contributed by atoms with E-state index >= 15 is 0 Å². The van der Waals surface area contributed by atoms with Crippen LogP contribution in [0, 0.1) is 12.8 Å². The summed E-state index contributed by atoms with van der Waals surface area (Å²) in [4.78, 5) is 41.2. The average molecular weight is 446 g/mol. The van der Waals surface area contributed by atoms with Gasteiger partial charge in [0.25, 0.3) is 11.5 Å². The van der Waals surface area contributed by atoms with Gasteiger partial charge in [0.15, 0.2) is 0 Å². The van der Waals surface area contributed by atoms with E-state index in [1.54, 1.807) is 25.3 Å². The van der Waals surface area contributed by atoms with Gasteiger partial charge in [0, 0.05) is 42.0 Å². The van der Waals surface area contributed by atoms with Crippen LogP contribution in [0.1, 0.15) is 78.9 Å². The minimum absolute atomic E-state index is 0.163. The lowest BCUT2D eigenvalue weighted by Crippen LogP contribution is -2.34. The van der Waals surface area contributed by atoms with Crippen molar-refractivity contribution in [1.82, 2.24) is 25.3 Å². The molecular weight excluding hydrogens is 414 g/mol. The highest BCUT2D eigenvalue weighted by molar-refractivity contribution is 5.93. The van der Waals surface area contributed by atoms with Gasteiger partial charge in [-0.25, -0.2) is 9.97 Å². The lowest BCUT2D eigenvalue weighted by Gasteiger charge is -2.29. The third kappa shape index (κ3) is 5.35. The molecule has 0 saturated heterocycles. The Morgan fingerprint density at radius 2 is 1.91 bits per heavy atom. The van der Waals surface area contributed by atoms with Crippen molar-refractivity contribution in [1.29, 1.82) is 0 Å².